The van der Waals surface area contributed by atoms with E-state index < -0.39 is 0 Å². The SMILES string of the molecule is COc1cc2nc(-c3ccc(F)cc3)nc(Nc3ccc4[nH]ncc4c3)c2cc1OC. The first kappa shape index (κ1) is 18.8. The van der Waals surface area contributed by atoms with Crippen LogP contribution in [0, 0.1) is 5.82 Å². The number of rotatable bonds is 5. The average Bonchev–Trinajstić information content (AvgIpc) is 3.26. The van der Waals surface area contributed by atoms with Crippen molar-refractivity contribution in [2.75, 3.05) is 19.5 Å². The largest absolute Gasteiger partial charge is 0.493 e. The summed E-state index contributed by atoms with van der Waals surface area (Å²) in [5.41, 5.74) is 3.15. The van der Waals surface area contributed by atoms with Crippen molar-refractivity contribution in [3.05, 3.63) is 66.6 Å². The molecule has 0 saturated heterocycles. The number of anilines is 2. The smallest absolute Gasteiger partial charge is 0.162 e. The van der Waals surface area contributed by atoms with Crippen molar-refractivity contribution in [1.82, 2.24) is 20.2 Å². The van der Waals surface area contributed by atoms with Crippen LogP contribution in [-0.4, -0.2) is 34.4 Å². The standard InChI is InChI=1S/C23H18FN5O2/c1-30-20-10-17-19(11-21(20)31-2)27-22(13-3-5-15(24)6-4-13)28-23(17)26-16-7-8-18-14(9-16)12-25-29-18/h3-12H,1-2H3,(H,25,29)(H,26,27,28). The summed E-state index contributed by atoms with van der Waals surface area (Å²) >= 11 is 0. The second kappa shape index (κ2) is 7.56. The molecule has 0 spiro atoms. The normalized spacial score (nSPS) is 11.1. The Hall–Kier alpha value is -4.20. The number of aromatic amines is 1. The van der Waals surface area contributed by atoms with Crippen LogP contribution in [0.2, 0.25) is 0 Å². The second-order valence-electron chi connectivity index (χ2n) is 6.92. The molecule has 154 valence electrons. The fourth-order valence-corrected chi connectivity index (χ4v) is 3.44. The lowest BCUT2D eigenvalue weighted by Crippen LogP contribution is -2.01. The molecule has 0 amide bonds. The van der Waals surface area contributed by atoms with Crippen LogP contribution in [0.15, 0.2) is 60.8 Å². The van der Waals surface area contributed by atoms with E-state index in [-0.39, 0.29) is 5.82 Å². The molecule has 0 saturated carbocycles. The topological polar surface area (TPSA) is 85.0 Å². The summed E-state index contributed by atoms with van der Waals surface area (Å²) in [5, 5.41) is 12.1. The maximum atomic E-state index is 13.4. The van der Waals surface area contributed by atoms with E-state index in [9.17, 15) is 4.39 Å². The van der Waals surface area contributed by atoms with Gasteiger partial charge in [-0.05, 0) is 48.5 Å². The third-order valence-corrected chi connectivity index (χ3v) is 5.01. The molecule has 0 bridgehead atoms. The van der Waals surface area contributed by atoms with E-state index in [2.05, 4.69) is 20.5 Å². The van der Waals surface area contributed by atoms with Gasteiger partial charge in [0.05, 0.1) is 31.4 Å². The highest BCUT2D eigenvalue weighted by atomic mass is 19.1. The summed E-state index contributed by atoms with van der Waals surface area (Å²) < 4.78 is 24.3. The number of nitrogens with zero attached hydrogens (tertiary/aromatic N) is 3. The van der Waals surface area contributed by atoms with Gasteiger partial charge in [-0.15, -0.1) is 0 Å². The fourth-order valence-electron chi connectivity index (χ4n) is 3.44. The van der Waals surface area contributed by atoms with Crippen LogP contribution in [0.5, 0.6) is 11.5 Å². The molecule has 3 aromatic carbocycles. The minimum atomic E-state index is -0.317. The van der Waals surface area contributed by atoms with Gasteiger partial charge in [0.2, 0.25) is 0 Å². The molecule has 0 unspecified atom stereocenters. The Morgan fingerprint density at radius 1 is 0.903 bits per heavy atom. The predicted molar refractivity (Wildman–Crippen MR) is 117 cm³/mol. The molecule has 2 heterocycles. The Labute approximate surface area is 176 Å². The number of ether oxygens (including phenoxy) is 2. The van der Waals surface area contributed by atoms with Gasteiger partial charge in [-0.3, -0.25) is 5.10 Å². The molecule has 2 N–H and O–H groups in total. The molecule has 0 fully saturated rings. The van der Waals surface area contributed by atoms with Crippen LogP contribution < -0.4 is 14.8 Å². The number of hydrogen-bond acceptors (Lipinski definition) is 6. The first-order valence-electron chi connectivity index (χ1n) is 9.54. The number of benzene rings is 3. The zero-order chi connectivity index (χ0) is 21.4. The molecule has 0 aliphatic heterocycles. The van der Waals surface area contributed by atoms with Gasteiger partial charge in [0.25, 0.3) is 0 Å². The number of nitrogens with one attached hydrogen (secondary N) is 2. The summed E-state index contributed by atoms with van der Waals surface area (Å²) in [6.07, 6.45) is 1.76. The maximum Gasteiger partial charge on any atom is 0.162 e. The highest BCUT2D eigenvalue weighted by Crippen LogP contribution is 2.36. The van der Waals surface area contributed by atoms with Crippen molar-refractivity contribution in [1.29, 1.82) is 0 Å². The van der Waals surface area contributed by atoms with Crippen molar-refractivity contribution >= 4 is 33.3 Å². The summed E-state index contributed by atoms with van der Waals surface area (Å²) in [6.45, 7) is 0. The summed E-state index contributed by atoms with van der Waals surface area (Å²) in [4.78, 5) is 9.41. The number of H-pyrrole nitrogens is 1. The van der Waals surface area contributed by atoms with E-state index in [4.69, 9.17) is 14.5 Å². The molecule has 0 aliphatic carbocycles. The Morgan fingerprint density at radius 3 is 2.45 bits per heavy atom. The quantitative estimate of drug-likeness (QED) is 0.417. The number of aromatic nitrogens is 4. The van der Waals surface area contributed by atoms with E-state index >= 15 is 0 Å². The Balaban J connectivity index is 1.69. The molecule has 5 rings (SSSR count). The van der Waals surface area contributed by atoms with Crippen molar-refractivity contribution in [2.45, 2.75) is 0 Å². The highest BCUT2D eigenvalue weighted by molar-refractivity contribution is 5.95. The lowest BCUT2D eigenvalue weighted by atomic mass is 10.1. The summed E-state index contributed by atoms with van der Waals surface area (Å²) in [7, 11) is 3.16. The van der Waals surface area contributed by atoms with E-state index in [1.165, 1.54) is 12.1 Å². The fraction of sp³-hybridized carbons (Fsp3) is 0.0870. The molecule has 0 atom stereocenters. The Kier molecular flexibility index (Phi) is 4.59. The predicted octanol–water partition coefficient (Wildman–Crippen LogP) is 5.07. The van der Waals surface area contributed by atoms with Gasteiger partial charge in [0.1, 0.15) is 11.6 Å². The van der Waals surface area contributed by atoms with Gasteiger partial charge >= 0.3 is 0 Å². The maximum absolute atomic E-state index is 13.4. The molecule has 0 radical (unpaired) electrons. The zero-order valence-electron chi connectivity index (χ0n) is 16.8. The van der Waals surface area contributed by atoms with E-state index in [1.807, 2.05) is 24.3 Å². The molecule has 31 heavy (non-hydrogen) atoms. The van der Waals surface area contributed by atoms with Gasteiger partial charge in [0.15, 0.2) is 17.3 Å². The number of hydrogen-bond donors (Lipinski definition) is 2. The highest BCUT2D eigenvalue weighted by Gasteiger charge is 2.15. The Bertz CT molecular complexity index is 1400. The lowest BCUT2D eigenvalue weighted by Gasteiger charge is -2.14. The number of halogens is 1. The summed E-state index contributed by atoms with van der Waals surface area (Å²) in [5.74, 6) is 1.87. The molecule has 0 aliphatic rings. The molecular formula is C23H18FN5O2. The van der Waals surface area contributed by atoms with Crippen LogP contribution in [0.3, 0.4) is 0 Å². The van der Waals surface area contributed by atoms with Gasteiger partial charge in [0, 0.05) is 28.1 Å². The average molecular weight is 415 g/mol. The first-order chi connectivity index (χ1) is 15.1. The minimum Gasteiger partial charge on any atom is -0.493 e. The van der Waals surface area contributed by atoms with Crippen LogP contribution >= 0.6 is 0 Å². The third kappa shape index (κ3) is 3.48. The van der Waals surface area contributed by atoms with Crippen LogP contribution in [0.1, 0.15) is 0 Å². The second-order valence-corrected chi connectivity index (χ2v) is 6.92. The van der Waals surface area contributed by atoms with Gasteiger partial charge in [-0.2, -0.15) is 5.10 Å². The van der Waals surface area contributed by atoms with Gasteiger partial charge in [-0.25, -0.2) is 14.4 Å². The van der Waals surface area contributed by atoms with Crippen LogP contribution in [-0.2, 0) is 0 Å². The van der Waals surface area contributed by atoms with Crippen molar-refractivity contribution in [3.63, 3.8) is 0 Å². The van der Waals surface area contributed by atoms with E-state index in [0.29, 0.717) is 34.2 Å². The lowest BCUT2D eigenvalue weighted by molar-refractivity contribution is 0.356. The molecule has 8 heteroatoms. The first-order valence-corrected chi connectivity index (χ1v) is 9.54. The van der Waals surface area contributed by atoms with Crippen molar-refractivity contribution in [2.24, 2.45) is 0 Å². The molecular weight excluding hydrogens is 397 g/mol. The zero-order valence-corrected chi connectivity index (χ0v) is 16.8. The van der Waals surface area contributed by atoms with E-state index in [0.717, 1.165) is 22.0 Å². The molecule has 5 aromatic rings. The van der Waals surface area contributed by atoms with E-state index in [1.54, 1.807) is 38.6 Å². The van der Waals surface area contributed by atoms with Crippen LogP contribution in [0.4, 0.5) is 15.9 Å². The third-order valence-electron chi connectivity index (χ3n) is 5.01. The molecule has 7 nitrogen and oxygen atoms in total. The Morgan fingerprint density at radius 2 is 1.68 bits per heavy atom. The molecule has 2 aromatic heterocycles. The number of fused-ring (bicyclic) bond motifs is 2. The minimum absolute atomic E-state index is 0.317. The van der Waals surface area contributed by atoms with Crippen molar-refractivity contribution < 1.29 is 13.9 Å². The van der Waals surface area contributed by atoms with Gasteiger partial charge in [-0.1, -0.05) is 0 Å². The van der Waals surface area contributed by atoms with Gasteiger partial charge < -0.3 is 14.8 Å². The summed E-state index contributed by atoms with van der Waals surface area (Å²) in [6, 6.07) is 15.6. The van der Waals surface area contributed by atoms with Crippen LogP contribution in [0.25, 0.3) is 33.2 Å². The number of methoxy groups -OCH3 is 2. The monoisotopic (exact) mass is 415 g/mol. The van der Waals surface area contributed by atoms with Crippen molar-refractivity contribution in [3.8, 4) is 22.9 Å².